The topological polar surface area (TPSA) is 71.4 Å². The van der Waals surface area contributed by atoms with Gasteiger partial charge in [-0.25, -0.2) is 0 Å². The van der Waals surface area contributed by atoms with Crippen LogP contribution in [0, 0.1) is 0 Å². The smallest absolute Gasteiger partial charge is 0.274 e. The molecule has 0 radical (unpaired) electrons. The molecule has 0 fully saturated rings. The minimum absolute atomic E-state index is 0.0220. The summed E-state index contributed by atoms with van der Waals surface area (Å²) in [6, 6.07) is 5.78. The molecule has 0 bridgehead atoms. The van der Waals surface area contributed by atoms with Crippen LogP contribution in [0.5, 0.6) is 0 Å². The molecule has 6 nitrogen and oxygen atoms in total. The van der Waals surface area contributed by atoms with Crippen LogP contribution < -0.4 is 10.9 Å². The number of carbonyl (C=O) groups is 2. The zero-order valence-electron chi connectivity index (χ0n) is 13.3. The number of halogens is 2. The van der Waals surface area contributed by atoms with E-state index in [0.29, 0.717) is 5.02 Å². The first-order valence-corrected chi connectivity index (χ1v) is 7.65. The number of rotatable bonds is 3. The molecule has 0 aliphatic rings. The largest absolute Gasteiger partial charge is 0.345 e. The molecule has 1 heterocycles. The molecule has 1 N–H and O–H groups in total. The Hall–Kier alpha value is -2.31. The molecule has 0 saturated heterocycles. The molecule has 0 aliphatic carbocycles. The fourth-order valence-electron chi connectivity index (χ4n) is 2.04. The lowest BCUT2D eigenvalue weighted by atomic mass is 10.2. The number of hydrogen-bond acceptors (Lipinski definition) is 3. The van der Waals surface area contributed by atoms with Crippen molar-refractivity contribution in [2.24, 2.45) is 7.05 Å². The van der Waals surface area contributed by atoms with E-state index in [1.165, 1.54) is 40.9 Å². The molecular formula is C16H15Cl2N3O3. The second-order valence-corrected chi connectivity index (χ2v) is 6.18. The van der Waals surface area contributed by atoms with Crippen LogP contribution in [0.15, 0.2) is 35.3 Å². The summed E-state index contributed by atoms with van der Waals surface area (Å²) in [4.78, 5) is 38.0. The number of nitrogens with zero attached hydrogens (tertiary/aromatic N) is 2. The van der Waals surface area contributed by atoms with Crippen molar-refractivity contribution < 1.29 is 9.59 Å². The monoisotopic (exact) mass is 367 g/mol. The first-order chi connectivity index (χ1) is 11.2. The Kier molecular flexibility index (Phi) is 5.31. The van der Waals surface area contributed by atoms with Crippen LogP contribution in [0.2, 0.25) is 10.0 Å². The Bertz CT molecular complexity index is 875. The fraction of sp³-hybridized carbons (Fsp3) is 0.188. The number of aromatic nitrogens is 1. The number of pyridine rings is 1. The summed E-state index contributed by atoms with van der Waals surface area (Å²) < 4.78 is 1.23. The van der Waals surface area contributed by atoms with Gasteiger partial charge in [-0.3, -0.25) is 14.4 Å². The highest BCUT2D eigenvalue weighted by Crippen LogP contribution is 2.21. The molecule has 8 heteroatoms. The molecule has 0 saturated carbocycles. The number of nitrogens with one attached hydrogen (secondary N) is 1. The molecular weight excluding hydrogens is 353 g/mol. The van der Waals surface area contributed by atoms with E-state index >= 15 is 0 Å². The van der Waals surface area contributed by atoms with Crippen molar-refractivity contribution in [3.63, 3.8) is 0 Å². The molecule has 24 heavy (non-hydrogen) atoms. The van der Waals surface area contributed by atoms with E-state index < -0.39 is 11.5 Å². The highest BCUT2D eigenvalue weighted by atomic mass is 35.5. The van der Waals surface area contributed by atoms with Crippen molar-refractivity contribution >= 4 is 40.7 Å². The maximum atomic E-state index is 12.4. The Morgan fingerprint density at radius 1 is 1.17 bits per heavy atom. The standard InChI is InChI=1S/C16H15Cl2N3O3/c1-20(2)15(23)9-6-13(16(24)21(3)8-9)19-14(22)11-7-10(17)4-5-12(11)18/h4-8H,1-3H3,(H,19,22). The zero-order chi connectivity index (χ0) is 18.0. The number of anilines is 1. The van der Waals surface area contributed by atoms with Crippen LogP contribution in [0.25, 0.3) is 0 Å². The average molecular weight is 368 g/mol. The van der Waals surface area contributed by atoms with Gasteiger partial charge in [0.25, 0.3) is 17.4 Å². The van der Waals surface area contributed by atoms with Gasteiger partial charge in [-0.1, -0.05) is 23.2 Å². The van der Waals surface area contributed by atoms with Crippen LogP contribution in [0.1, 0.15) is 20.7 Å². The lowest BCUT2D eigenvalue weighted by molar-refractivity contribution is 0.0826. The van der Waals surface area contributed by atoms with E-state index in [-0.39, 0.29) is 27.7 Å². The van der Waals surface area contributed by atoms with Crippen molar-refractivity contribution in [2.75, 3.05) is 19.4 Å². The van der Waals surface area contributed by atoms with Gasteiger partial charge < -0.3 is 14.8 Å². The molecule has 2 aromatic rings. The van der Waals surface area contributed by atoms with Gasteiger partial charge in [0.15, 0.2) is 0 Å². The number of amides is 2. The molecule has 0 aliphatic heterocycles. The average Bonchev–Trinajstić information content (AvgIpc) is 2.52. The lowest BCUT2D eigenvalue weighted by Crippen LogP contribution is -2.28. The summed E-state index contributed by atoms with van der Waals surface area (Å²) in [5.74, 6) is -0.879. The fourth-order valence-corrected chi connectivity index (χ4v) is 2.41. The first kappa shape index (κ1) is 18.0. The van der Waals surface area contributed by atoms with Crippen molar-refractivity contribution in [2.45, 2.75) is 0 Å². The number of carbonyl (C=O) groups excluding carboxylic acids is 2. The molecule has 126 valence electrons. The predicted octanol–water partition coefficient (Wildman–Crippen LogP) is 2.65. The van der Waals surface area contributed by atoms with Crippen LogP contribution in [-0.2, 0) is 7.05 Å². The minimum atomic E-state index is -0.589. The molecule has 0 unspecified atom stereocenters. The molecule has 2 rings (SSSR count). The van der Waals surface area contributed by atoms with E-state index in [9.17, 15) is 14.4 Å². The Balaban J connectivity index is 2.42. The molecule has 0 atom stereocenters. The Labute approximate surface area is 148 Å². The van der Waals surface area contributed by atoms with Gasteiger partial charge in [-0.15, -0.1) is 0 Å². The predicted molar refractivity (Wildman–Crippen MR) is 94.1 cm³/mol. The van der Waals surface area contributed by atoms with Crippen LogP contribution >= 0.6 is 23.2 Å². The van der Waals surface area contributed by atoms with Crippen LogP contribution in [0.4, 0.5) is 5.69 Å². The summed E-state index contributed by atoms with van der Waals surface area (Å²) in [7, 11) is 4.69. The first-order valence-electron chi connectivity index (χ1n) is 6.89. The normalized spacial score (nSPS) is 10.4. The maximum Gasteiger partial charge on any atom is 0.274 e. The van der Waals surface area contributed by atoms with E-state index in [1.807, 2.05) is 0 Å². The minimum Gasteiger partial charge on any atom is -0.345 e. The highest BCUT2D eigenvalue weighted by molar-refractivity contribution is 6.36. The number of benzene rings is 1. The van der Waals surface area contributed by atoms with E-state index in [4.69, 9.17) is 23.2 Å². The molecule has 1 aromatic heterocycles. The number of aryl methyl sites for hydroxylation is 1. The second-order valence-electron chi connectivity index (χ2n) is 5.34. The SMILES string of the molecule is CN(C)C(=O)c1cc(NC(=O)c2cc(Cl)ccc2Cl)c(=O)n(C)c1. The van der Waals surface area contributed by atoms with Gasteiger partial charge >= 0.3 is 0 Å². The highest BCUT2D eigenvalue weighted by Gasteiger charge is 2.16. The van der Waals surface area contributed by atoms with Gasteiger partial charge in [0.2, 0.25) is 0 Å². The summed E-state index contributed by atoms with van der Waals surface area (Å²) >= 11 is 11.9. The van der Waals surface area contributed by atoms with Crippen molar-refractivity contribution in [3.05, 3.63) is 62.0 Å². The summed E-state index contributed by atoms with van der Waals surface area (Å²) in [5, 5.41) is 3.03. The van der Waals surface area contributed by atoms with Gasteiger partial charge in [-0.05, 0) is 24.3 Å². The number of hydrogen-bond donors (Lipinski definition) is 1. The van der Waals surface area contributed by atoms with E-state index in [2.05, 4.69) is 5.32 Å². The van der Waals surface area contributed by atoms with E-state index in [0.717, 1.165) is 0 Å². The van der Waals surface area contributed by atoms with Crippen LogP contribution in [0.3, 0.4) is 0 Å². The molecule has 0 spiro atoms. The lowest BCUT2D eigenvalue weighted by Gasteiger charge is -2.13. The third kappa shape index (κ3) is 3.77. The van der Waals surface area contributed by atoms with Gasteiger partial charge in [-0.2, -0.15) is 0 Å². The molecule has 1 aromatic carbocycles. The van der Waals surface area contributed by atoms with Crippen molar-refractivity contribution in [1.29, 1.82) is 0 Å². The zero-order valence-corrected chi connectivity index (χ0v) is 14.8. The van der Waals surface area contributed by atoms with Gasteiger partial charge in [0.05, 0.1) is 16.1 Å². The molecule has 2 amide bonds. The van der Waals surface area contributed by atoms with E-state index in [1.54, 1.807) is 20.2 Å². The third-order valence-electron chi connectivity index (χ3n) is 3.26. The van der Waals surface area contributed by atoms with Crippen molar-refractivity contribution in [3.8, 4) is 0 Å². The summed E-state index contributed by atoms with van der Waals surface area (Å²) in [6.07, 6.45) is 1.41. The third-order valence-corrected chi connectivity index (χ3v) is 3.82. The quantitative estimate of drug-likeness (QED) is 0.906. The van der Waals surface area contributed by atoms with Gasteiger partial charge in [0.1, 0.15) is 5.69 Å². The van der Waals surface area contributed by atoms with Crippen LogP contribution in [-0.4, -0.2) is 35.4 Å². The summed E-state index contributed by atoms with van der Waals surface area (Å²) in [5.41, 5.74) is -0.0619. The second kappa shape index (κ2) is 7.07. The Morgan fingerprint density at radius 2 is 1.83 bits per heavy atom. The maximum absolute atomic E-state index is 12.4. The van der Waals surface area contributed by atoms with Gasteiger partial charge in [0, 0.05) is 32.4 Å². The Morgan fingerprint density at radius 3 is 2.46 bits per heavy atom. The summed E-state index contributed by atoms with van der Waals surface area (Å²) in [6.45, 7) is 0. The van der Waals surface area contributed by atoms with Crippen molar-refractivity contribution in [1.82, 2.24) is 9.47 Å².